The number of alkyl halides is 6. The molecular formula is C24H18F6N2O3. The van der Waals surface area contributed by atoms with Gasteiger partial charge in [-0.05, 0) is 48.0 Å². The SMILES string of the molecule is O=C(c1cc(C(F)(F)F)cc(C(F)(F)F)c1)N(CCc1ccccn1)Cc1ccc2c(c1)OCO2. The first-order valence-corrected chi connectivity index (χ1v) is 10.4. The van der Waals surface area contributed by atoms with Crippen LogP contribution in [0.25, 0.3) is 0 Å². The van der Waals surface area contributed by atoms with Crippen LogP contribution >= 0.6 is 0 Å². The first kappa shape index (κ1) is 24.4. The Bertz CT molecular complexity index is 1180. The van der Waals surface area contributed by atoms with Crippen LogP contribution in [0, 0.1) is 0 Å². The maximum atomic E-state index is 13.3. The molecular weight excluding hydrogens is 478 g/mol. The van der Waals surface area contributed by atoms with Crippen molar-refractivity contribution in [1.82, 2.24) is 9.88 Å². The van der Waals surface area contributed by atoms with E-state index in [1.165, 1.54) is 4.90 Å². The number of carbonyl (C=O) groups is 1. The van der Waals surface area contributed by atoms with Crippen LogP contribution in [0.3, 0.4) is 0 Å². The summed E-state index contributed by atoms with van der Waals surface area (Å²) in [4.78, 5) is 18.6. The van der Waals surface area contributed by atoms with Gasteiger partial charge in [-0.15, -0.1) is 0 Å². The van der Waals surface area contributed by atoms with Gasteiger partial charge in [0.2, 0.25) is 6.79 Å². The minimum Gasteiger partial charge on any atom is -0.454 e. The van der Waals surface area contributed by atoms with Crippen LogP contribution < -0.4 is 9.47 Å². The van der Waals surface area contributed by atoms with E-state index in [-0.39, 0.29) is 32.4 Å². The molecule has 1 aromatic heterocycles. The van der Waals surface area contributed by atoms with Crippen molar-refractivity contribution in [3.63, 3.8) is 0 Å². The zero-order valence-electron chi connectivity index (χ0n) is 18.0. The average molecular weight is 496 g/mol. The fourth-order valence-electron chi connectivity index (χ4n) is 3.57. The number of nitrogens with zero attached hydrogens (tertiary/aromatic N) is 2. The fourth-order valence-corrected chi connectivity index (χ4v) is 3.57. The van der Waals surface area contributed by atoms with E-state index < -0.39 is 35.0 Å². The summed E-state index contributed by atoms with van der Waals surface area (Å²) in [6.45, 7) is -0.0622. The average Bonchev–Trinajstić information content (AvgIpc) is 3.28. The van der Waals surface area contributed by atoms with Crippen molar-refractivity contribution in [1.29, 1.82) is 0 Å². The van der Waals surface area contributed by atoms with Gasteiger partial charge in [0, 0.05) is 37.0 Å². The van der Waals surface area contributed by atoms with E-state index in [0.717, 1.165) is 0 Å². The van der Waals surface area contributed by atoms with Crippen molar-refractivity contribution in [2.75, 3.05) is 13.3 Å². The van der Waals surface area contributed by atoms with Crippen LogP contribution in [0.4, 0.5) is 26.3 Å². The zero-order valence-corrected chi connectivity index (χ0v) is 18.0. The van der Waals surface area contributed by atoms with Gasteiger partial charge >= 0.3 is 12.4 Å². The normalized spacial score (nSPS) is 13.1. The summed E-state index contributed by atoms with van der Waals surface area (Å²) in [6, 6.07) is 10.9. The molecule has 3 aromatic rings. The van der Waals surface area contributed by atoms with Gasteiger partial charge in [-0.2, -0.15) is 26.3 Å². The lowest BCUT2D eigenvalue weighted by atomic mass is 10.0. The van der Waals surface area contributed by atoms with Crippen molar-refractivity contribution in [3.8, 4) is 11.5 Å². The highest BCUT2D eigenvalue weighted by Gasteiger charge is 2.38. The molecule has 2 heterocycles. The second kappa shape index (κ2) is 9.47. The highest BCUT2D eigenvalue weighted by Crippen LogP contribution is 2.37. The third kappa shape index (κ3) is 5.84. The summed E-state index contributed by atoms with van der Waals surface area (Å²) in [5.41, 5.74) is -2.65. The molecule has 2 aromatic carbocycles. The van der Waals surface area contributed by atoms with Crippen molar-refractivity contribution >= 4 is 5.91 Å². The molecule has 5 nitrogen and oxygen atoms in total. The van der Waals surface area contributed by atoms with Gasteiger partial charge in [-0.1, -0.05) is 12.1 Å². The number of pyridine rings is 1. The Balaban J connectivity index is 1.68. The van der Waals surface area contributed by atoms with E-state index in [1.807, 2.05) is 0 Å². The van der Waals surface area contributed by atoms with Gasteiger partial charge in [0.05, 0.1) is 11.1 Å². The molecule has 11 heteroatoms. The summed E-state index contributed by atoms with van der Waals surface area (Å²) in [6.07, 6.45) is -8.34. The Hall–Kier alpha value is -3.76. The molecule has 1 amide bonds. The second-order valence-corrected chi connectivity index (χ2v) is 7.78. The predicted octanol–water partition coefficient (Wildman–Crippen LogP) is 5.73. The number of carbonyl (C=O) groups excluding carboxylic acids is 1. The van der Waals surface area contributed by atoms with Crippen LogP contribution in [0.15, 0.2) is 60.8 Å². The van der Waals surface area contributed by atoms with Crippen molar-refractivity contribution in [2.24, 2.45) is 0 Å². The van der Waals surface area contributed by atoms with Gasteiger partial charge in [0.25, 0.3) is 5.91 Å². The van der Waals surface area contributed by atoms with E-state index >= 15 is 0 Å². The number of ether oxygens (including phenoxy) is 2. The molecule has 0 unspecified atom stereocenters. The number of fused-ring (bicyclic) bond motifs is 1. The van der Waals surface area contributed by atoms with E-state index in [9.17, 15) is 31.1 Å². The molecule has 1 aliphatic rings. The summed E-state index contributed by atoms with van der Waals surface area (Å²) in [7, 11) is 0. The van der Waals surface area contributed by atoms with Gasteiger partial charge in [-0.25, -0.2) is 0 Å². The third-order valence-electron chi connectivity index (χ3n) is 5.30. The lowest BCUT2D eigenvalue weighted by Gasteiger charge is -2.24. The molecule has 4 rings (SSSR count). The molecule has 0 aliphatic carbocycles. The molecule has 0 spiro atoms. The van der Waals surface area contributed by atoms with Crippen molar-refractivity contribution < 1.29 is 40.6 Å². The summed E-state index contributed by atoms with van der Waals surface area (Å²) < 4.78 is 90.5. The van der Waals surface area contributed by atoms with Crippen LogP contribution in [0.5, 0.6) is 11.5 Å². The number of halogens is 6. The first-order valence-electron chi connectivity index (χ1n) is 10.4. The monoisotopic (exact) mass is 496 g/mol. The Morgan fingerprint density at radius 2 is 1.57 bits per heavy atom. The predicted molar refractivity (Wildman–Crippen MR) is 112 cm³/mol. The highest BCUT2D eigenvalue weighted by molar-refractivity contribution is 5.94. The Morgan fingerprint density at radius 3 is 2.20 bits per heavy atom. The molecule has 35 heavy (non-hydrogen) atoms. The number of hydrogen-bond acceptors (Lipinski definition) is 4. The quantitative estimate of drug-likeness (QED) is 0.409. The van der Waals surface area contributed by atoms with Crippen LogP contribution in [-0.4, -0.2) is 29.1 Å². The number of amides is 1. The van der Waals surface area contributed by atoms with Crippen molar-refractivity contribution in [2.45, 2.75) is 25.3 Å². The van der Waals surface area contributed by atoms with Crippen LogP contribution in [-0.2, 0) is 25.3 Å². The number of aromatic nitrogens is 1. The maximum absolute atomic E-state index is 13.3. The Labute approximate surface area is 195 Å². The molecule has 0 N–H and O–H groups in total. The largest absolute Gasteiger partial charge is 0.454 e. The topological polar surface area (TPSA) is 51.7 Å². The number of rotatable bonds is 6. The molecule has 184 valence electrons. The third-order valence-corrected chi connectivity index (χ3v) is 5.30. The molecule has 1 aliphatic heterocycles. The van der Waals surface area contributed by atoms with Crippen LogP contribution in [0.2, 0.25) is 0 Å². The Kier molecular flexibility index (Phi) is 6.60. The smallest absolute Gasteiger partial charge is 0.416 e. The molecule has 0 fully saturated rings. The van der Waals surface area contributed by atoms with E-state index in [2.05, 4.69) is 4.98 Å². The number of benzene rings is 2. The van der Waals surface area contributed by atoms with Crippen molar-refractivity contribution in [3.05, 3.63) is 88.7 Å². The summed E-state index contributed by atoms with van der Waals surface area (Å²) in [5, 5.41) is 0. The van der Waals surface area contributed by atoms with E-state index in [4.69, 9.17) is 9.47 Å². The van der Waals surface area contributed by atoms with Gasteiger partial charge in [0.1, 0.15) is 0 Å². The molecule has 0 bridgehead atoms. The van der Waals surface area contributed by atoms with Gasteiger partial charge in [0.15, 0.2) is 11.5 Å². The highest BCUT2D eigenvalue weighted by atomic mass is 19.4. The minimum absolute atomic E-state index is 0.00187. The van der Waals surface area contributed by atoms with E-state index in [1.54, 1.807) is 42.6 Å². The minimum atomic E-state index is -5.06. The summed E-state index contributed by atoms with van der Waals surface area (Å²) in [5.74, 6) is -0.0546. The first-order chi connectivity index (χ1) is 16.5. The number of hydrogen-bond donors (Lipinski definition) is 0. The lowest BCUT2D eigenvalue weighted by molar-refractivity contribution is -0.143. The van der Waals surface area contributed by atoms with Gasteiger partial charge in [-0.3, -0.25) is 9.78 Å². The molecule has 0 saturated carbocycles. The zero-order chi connectivity index (χ0) is 25.2. The van der Waals surface area contributed by atoms with Gasteiger partial charge < -0.3 is 14.4 Å². The van der Waals surface area contributed by atoms with Crippen LogP contribution in [0.1, 0.15) is 32.7 Å². The second-order valence-electron chi connectivity index (χ2n) is 7.78. The standard InChI is InChI=1S/C24H18F6N2O3/c25-23(26,27)17-10-16(11-18(12-17)24(28,29)30)22(33)32(8-6-19-3-1-2-7-31-19)13-15-4-5-20-21(9-15)35-14-34-20/h1-5,7,9-12H,6,8,13-14H2. The Morgan fingerprint density at radius 1 is 0.886 bits per heavy atom. The summed E-state index contributed by atoms with van der Waals surface area (Å²) >= 11 is 0. The lowest BCUT2D eigenvalue weighted by Crippen LogP contribution is -2.33. The van der Waals surface area contributed by atoms with E-state index in [0.29, 0.717) is 34.9 Å². The molecule has 0 atom stereocenters. The maximum Gasteiger partial charge on any atom is 0.416 e. The molecule has 0 saturated heterocycles. The fraction of sp³-hybridized carbons (Fsp3) is 0.250. The molecule has 0 radical (unpaired) electrons.